The van der Waals surface area contributed by atoms with Gasteiger partial charge in [0.05, 0.1) is 11.3 Å². The van der Waals surface area contributed by atoms with E-state index in [1.54, 1.807) is 30.3 Å². The first-order valence-corrected chi connectivity index (χ1v) is 10.4. The minimum Gasteiger partial charge on any atom is -0.478 e. The average molecular weight is 461 g/mol. The Balaban J connectivity index is 1.68. The first kappa shape index (κ1) is 22.9. The number of pyridine rings is 1. The zero-order valence-electron chi connectivity index (χ0n) is 18.2. The summed E-state index contributed by atoms with van der Waals surface area (Å²) in [6.07, 6.45) is 0. The van der Waals surface area contributed by atoms with Crippen molar-refractivity contribution in [3.05, 3.63) is 102 Å². The fourth-order valence-corrected chi connectivity index (χ4v) is 3.54. The summed E-state index contributed by atoms with van der Waals surface area (Å²) in [6.45, 7) is 0.399. The number of ether oxygens (including phenoxy) is 1. The molecule has 3 N–H and O–H groups in total. The summed E-state index contributed by atoms with van der Waals surface area (Å²) in [6, 6.07) is 21.4. The summed E-state index contributed by atoms with van der Waals surface area (Å²) in [5.74, 6) is -3.55. The number of nitrogens with zero attached hydrogens (tertiary/aromatic N) is 2. The highest BCUT2D eigenvalue weighted by Gasteiger charge is 2.21. The van der Waals surface area contributed by atoms with Gasteiger partial charge in [0.15, 0.2) is 17.5 Å². The number of hydrogen-bond acceptors (Lipinski definition) is 5. The van der Waals surface area contributed by atoms with Crippen molar-refractivity contribution in [1.82, 2.24) is 4.98 Å². The van der Waals surface area contributed by atoms with E-state index in [0.717, 1.165) is 16.7 Å². The van der Waals surface area contributed by atoms with Crippen molar-refractivity contribution in [3.8, 4) is 22.8 Å². The molecule has 0 aliphatic heterocycles. The standard InChI is InChI=1S/C26H21F2N3O3/c1-31(23-11-3-2-10-20(23)26(32)33)24-21(27)14-22(28)25(30-24)34-19-9-5-8-18(13-19)17-7-4-6-16(12-17)15-29/h2-14H,15,29H2,1H3,(H,32,33). The number of benzene rings is 3. The normalized spacial score (nSPS) is 10.7. The molecule has 0 aliphatic rings. The zero-order valence-corrected chi connectivity index (χ0v) is 18.2. The fraction of sp³-hybridized carbons (Fsp3) is 0.0769. The number of carboxylic acid groups (broad SMARTS) is 1. The first-order chi connectivity index (χ1) is 16.4. The van der Waals surface area contributed by atoms with E-state index in [1.807, 2.05) is 30.3 Å². The Kier molecular flexibility index (Phi) is 6.51. The number of anilines is 2. The molecule has 0 saturated heterocycles. The monoisotopic (exact) mass is 461 g/mol. The van der Waals surface area contributed by atoms with Gasteiger partial charge in [-0.1, -0.05) is 42.5 Å². The van der Waals surface area contributed by atoms with Crippen LogP contribution in [0.4, 0.5) is 20.3 Å². The molecule has 0 spiro atoms. The van der Waals surface area contributed by atoms with Crippen molar-refractivity contribution in [2.24, 2.45) is 5.73 Å². The van der Waals surface area contributed by atoms with E-state index in [0.29, 0.717) is 18.4 Å². The van der Waals surface area contributed by atoms with Gasteiger partial charge in [0.2, 0.25) is 0 Å². The molecule has 1 aromatic heterocycles. The maximum absolute atomic E-state index is 14.6. The van der Waals surface area contributed by atoms with Crippen molar-refractivity contribution in [2.45, 2.75) is 6.54 Å². The summed E-state index contributed by atoms with van der Waals surface area (Å²) in [7, 11) is 1.44. The van der Waals surface area contributed by atoms with Crippen LogP contribution in [-0.4, -0.2) is 23.1 Å². The van der Waals surface area contributed by atoms with Crippen molar-refractivity contribution in [3.63, 3.8) is 0 Å². The number of aromatic nitrogens is 1. The van der Waals surface area contributed by atoms with Crippen LogP contribution < -0.4 is 15.4 Å². The lowest BCUT2D eigenvalue weighted by Crippen LogP contribution is -2.17. The molecule has 8 heteroatoms. The maximum atomic E-state index is 14.6. The van der Waals surface area contributed by atoms with E-state index in [2.05, 4.69) is 4.98 Å². The molecule has 1 heterocycles. The molecule has 0 unspecified atom stereocenters. The molecule has 172 valence electrons. The summed E-state index contributed by atoms with van der Waals surface area (Å²) >= 11 is 0. The van der Waals surface area contributed by atoms with Gasteiger partial charge in [-0.15, -0.1) is 0 Å². The number of aromatic carboxylic acids is 1. The number of para-hydroxylation sites is 1. The van der Waals surface area contributed by atoms with Crippen LogP contribution in [0.1, 0.15) is 15.9 Å². The van der Waals surface area contributed by atoms with Gasteiger partial charge in [-0.2, -0.15) is 4.98 Å². The largest absolute Gasteiger partial charge is 0.478 e. The molecule has 4 aromatic rings. The lowest BCUT2D eigenvalue weighted by molar-refractivity contribution is 0.0697. The Morgan fingerprint density at radius 2 is 1.68 bits per heavy atom. The minimum atomic E-state index is -1.18. The SMILES string of the molecule is CN(c1ccccc1C(=O)O)c1nc(Oc2cccc(-c3cccc(CN)c3)c2)c(F)cc1F. The Morgan fingerprint density at radius 3 is 2.41 bits per heavy atom. The molecule has 0 saturated carbocycles. The molecule has 0 amide bonds. The van der Waals surface area contributed by atoms with Gasteiger partial charge in [-0.3, -0.25) is 0 Å². The van der Waals surface area contributed by atoms with Crippen LogP contribution in [0, 0.1) is 11.6 Å². The number of rotatable bonds is 7. The van der Waals surface area contributed by atoms with Crippen LogP contribution in [0.5, 0.6) is 11.6 Å². The van der Waals surface area contributed by atoms with Crippen LogP contribution in [0.15, 0.2) is 78.9 Å². The lowest BCUT2D eigenvalue weighted by atomic mass is 10.0. The van der Waals surface area contributed by atoms with E-state index in [4.69, 9.17) is 10.5 Å². The van der Waals surface area contributed by atoms with Crippen LogP contribution in [0.3, 0.4) is 0 Å². The van der Waals surface area contributed by atoms with E-state index in [9.17, 15) is 18.7 Å². The second kappa shape index (κ2) is 9.68. The molecular formula is C26H21F2N3O3. The van der Waals surface area contributed by atoms with Gasteiger partial charge >= 0.3 is 5.97 Å². The number of carboxylic acids is 1. The Labute approximate surface area is 194 Å². The first-order valence-electron chi connectivity index (χ1n) is 10.4. The van der Waals surface area contributed by atoms with E-state index >= 15 is 0 Å². The highest BCUT2D eigenvalue weighted by molar-refractivity contribution is 5.95. The van der Waals surface area contributed by atoms with Gasteiger partial charge in [0.25, 0.3) is 5.88 Å². The Hall–Kier alpha value is -4.30. The summed E-state index contributed by atoms with van der Waals surface area (Å²) in [5, 5.41) is 9.44. The summed E-state index contributed by atoms with van der Waals surface area (Å²) in [5.41, 5.74) is 8.56. The lowest BCUT2D eigenvalue weighted by Gasteiger charge is -2.21. The number of nitrogens with two attached hydrogens (primary N) is 1. The third-order valence-electron chi connectivity index (χ3n) is 5.24. The number of halogens is 2. The minimum absolute atomic E-state index is 0.0506. The summed E-state index contributed by atoms with van der Waals surface area (Å²) in [4.78, 5) is 16.8. The van der Waals surface area contributed by atoms with Gasteiger partial charge in [-0.05, 0) is 47.0 Å². The zero-order chi connectivity index (χ0) is 24.2. The van der Waals surface area contributed by atoms with E-state index in [1.165, 1.54) is 24.1 Å². The number of carbonyl (C=O) groups is 1. The number of hydrogen-bond donors (Lipinski definition) is 2. The van der Waals surface area contributed by atoms with Gasteiger partial charge < -0.3 is 20.5 Å². The predicted octanol–water partition coefficient (Wildman–Crippen LogP) is 5.74. The highest BCUT2D eigenvalue weighted by atomic mass is 19.1. The third kappa shape index (κ3) is 4.72. The van der Waals surface area contributed by atoms with Crippen LogP contribution in [0.25, 0.3) is 11.1 Å². The fourth-order valence-electron chi connectivity index (χ4n) is 3.54. The molecule has 4 rings (SSSR count). The van der Waals surface area contributed by atoms with Crippen molar-refractivity contribution in [2.75, 3.05) is 11.9 Å². The predicted molar refractivity (Wildman–Crippen MR) is 125 cm³/mol. The maximum Gasteiger partial charge on any atom is 0.337 e. The van der Waals surface area contributed by atoms with E-state index in [-0.39, 0.29) is 17.1 Å². The summed E-state index contributed by atoms with van der Waals surface area (Å²) < 4.78 is 34.9. The smallest absolute Gasteiger partial charge is 0.337 e. The second-order valence-electron chi connectivity index (χ2n) is 7.50. The molecule has 0 fully saturated rings. The molecule has 0 bridgehead atoms. The van der Waals surface area contributed by atoms with Crippen LogP contribution >= 0.6 is 0 Å². The van der Waals surface area contributed by atoms with Crippen LogP contribution in [0.2, 0.25) is 0 Å². The average Bonchev–Trinajstić information content (AvgIpc) is 2.85. The topological polar surface area (TPSA) is 88.7 Å². The molecule has 0 atom stereocenters. The van der Waals surface area contributed by atoms with Crippen molar-refractivity contribution >= 4 is 17.5 Å². The molecule has 0 radical (unpaired) electrons. The van der Waals surface area contributed by atoms with Gasteiger partial charge in [-0.25, -0.2) is 13.6 Å². The van der Waals surface area contributed by atoms with Crippen molar-refractivity contribution in [1.29, 1.82) is 0 Å². The Bertz CT molecular complexity index is 1360. The quantitative estimate of drug-likeness (QED) is 0.365. The third-order valence-corrected chi connectivity index (χ3v) is 5.24. The second-order valence-corrected chi connectivity index (χ2v) is 7.50. The molecular weight excluding hydrogens is 440 g/mol. The highest BCUT2D eigenvalue weighted by Crippen LogP contribution is 2.33. The molecule has 6 nitrogen and oxygen atoms in total. The molecule has 3 aromatic carbocycles. The Morgan fingerprint density at radius 1 is 0.971 bits per heavy atom. The van der Waals surface area contributed by atoms with Gasteiger partial charge in [0, 0.05) is 19.7 Å². The van der Waals surface area contributed by atoms with Crippen LogP contribution in [-0.2, 0) is 6.54 Å². The molecule has 34 heavy (non-hydrogen) atoms. The van der Waals surface area contributed by atoms with E-state index < -0.39 is 23.5 Å². The van der Waals surface area contributed by atoms with Crippen molar-refractivity contribution < 1.29 is 23.4 Å². The van der Waals surface area contributed by atoms with Gasteiger partial charge in [0.1, 0.15) is 5.75 Å². The molecule has 0 aliphatic carbocycles.